The molecule has 2 rings (SSSR count). The molecular formula is C25H45N3O8P-. The van der Waals surface area contributed by atoms with Crippen molar-refractivity contribution in [2.75, 3.05) is 13.2 Å². The lowest BCUT2D eigenvalue weighted by Gasteiger charge is -2.23. The quantitative estimate of drug-likeness (QED) is 0.141. The van der Waals surface area contributed by atoms with Crippen LogP contribution in [0.1, 0.15) is 103 Å². The predicted molar refractivity (Wildman–Crippen MR) is 135 cm³/mol. The molecule has 11 nitrogen and oxygen atoms in total. The number of unbranched alkanes of at least 4 members (excludes halogenated alkanes) is 13. The van der Waals surface area contributed by atoms with Crippen molar-refractivity contribution in [1.82, 2.24) is 9.55 Å². The number of rotatable bonds is 20. The number of ether oxygens (including phenoxy) is 1. The number of aliphatic hydroxyl groups is 2. The molecule has 0 saturated carbocycles. The Morgan fingerprint density at radius 3 is 2.05 bits per heavy atom. The summed E-state index contributed by atoms with van der Waals surface area (Å²) in [5, 5.41) is 39.7. The van der Waals surface area contributed by atoms with Gasteiger partial charge in [0.05, 0.1) is 19.2 Å². The summed E-state index contributed by atoms with van der Waals surface area (Å²) >= 11 is 0. The Bertz CT molecular complexity index is 871. The zero-order chi connectivity index (χ0) is 27.1. The SMILES string of the molecule is CCCCCCCCCCCCCCCCOP(=O)(O)OC[C@H]1O[C@@H](n2ccc(=N)nc2[O-])[C@H](O)[C@@H]1O. The van der Waals surface area contributed by atoms with Gasteiger partial charge in [-0.05, 0) is 12.5 Å². The van der Waals surface area contributed by atoms with Gasteiger partial charge < -0.3 is 29.5 Å². The largest absolute Gasteiger partial charge is 0.846 e. The van der Waals surface area contributed by atoms with Crippen molar-refractivity contribution in [2.45, 2.75) is 121 Å². The Morgan fingerprint density at radius 1 is 0.973 bits per heavy atom. The normalized spacial score (nSPS) is 23.4. The number of phosphoric acid groups is 1. The van der Waals surface area contributed by atoms with Gasteiger partial charge in [0.25, 0.3) is 0 Å². The third-order valence-corrected chi connectivity index (χ3v) is 7.58. The lowest BCUT2D eigenvalue weighted by Crippen LogP contribution is -2.34. The molecule has 5 atom stereocenters. The molecule has 4 N–H and O–H groups in total. The van der Waals surface area contributed by atoms with Crippen LogP contribution in [-0.4, -0.2) is 56.2 Å². The maximum Gasteiger partial charge on any atom is 0.472 e. The van der Waals surface area contributed by atoms with E-state index in [4.69, 9.17) is 19.2 Å². The van der Waals surface area contributed by atoms with Crippen LogP contribution >= 0.6 is 7.82 Å². The van der Waals surface area contributed by atoms with Crippen LogP contribution in [0.15, 0.2) is 12.3 Å². The van der Waals surface area contributed by atoms with Crippen LogP contribution in [0, 0.1) is 5.41 Å². The van der Waals surface area contributed by atoms with E-state index in [0.29, 0.717) is 6.42 Å². The Balaban J connectivity index is 1.53. The predicted octanol–water partition coefficient (Wildman–Crippen LogP) is 3.67. The average Bonchev–Trinajstić information content (AvgIpc) is 3.13. The third kappa shape index (κ3) is 11.9. The van der Waals surface area contributed by atoms with E-state index < -0.39 is 45.0 Å². The molecule has 1 fully saturated rings. The molecule has 0 spiro atoms. The van der Waals surface area contributed by atoms with Crippen LogP contribution in [-0.2, 0) is 18.3 Å². The first-order valence-electron chi connectivity index (χ1n) is 13.7. The molecule has 0 aliphatic carbocycles. The van der Waals surface area contributed by atoms with Gasteiger partial charge in [0, 0.05) is 6.20 Å². The number of nitrogens with one attached hydrogen (secondary N) is 1. The molecular weight excluding hydrogens is 501 g/mol. The van der Waals surface area contributed by atoms with Crippen molar-refractivity contribution in [2.24, 2.45) is 0 Å². The summed E-state index contributed by atoms with van der Waals surface area (Å²) in [7, 11) is -4.36. The summed E-state index contributed by atoms with van der Waals surface area (Å²) in [5.41, 5.74) is -0.244. The van der Waals surface area contributed by atoms with Gasteiger partial charge >= 0.3 is 7.82 Å². The highest BCUT2D eigenvalue weighted by Crippen LogP contribution is 2.44. The first-order valence-corrected chi connectivity index (χ1v) is 15.2. The number of hydrogen-bond donors (Lipinski definition) is 4. The summed E-state index contributed by atoms with van der Waals surface area (Å²) in [6.07, 6.45) is 12.7. The lowest BCUT2D eigenvalue weighted by molar-refractivity contribution is -0.292. The van der Waals surface area contributed by atoms with E-state index in [1.807, 2.05) is 0 Å². The topological polar surface area (TPSA) is 170 Å². The van der Waals surface area contributed by atoms with Gasteiger partial charge in [-0.2, -0.15) is 0 Å². The van der Waals surface area contributed by atoms with Crippen molar-refractivity contribution >= 4 is 7.82 Å². The Kier molecular flexibility index (Phi) is 14.9. The van der Waals surface area contributed by atoms with E-state index in [1.165, 1.54) is 76.5 Å². The molecule has 12 heteroatoms. The molecule has 1 aliphatic heterocycles. The highest BCUT2D eigenvalue weighted by Gasteiger charge is 2.44. The zero-order valence-corrected chi connectivity index (χ0v) is 22.9. The number of aliphatic hydroxyl groups excluding tert-OH is 2. The van der Waals surface area contributed by atoms with E-state index >= 15 is 0 Å². The van der Waals surface area contributed by atoms with Crippen LogP contribution < -0.4 is 10.6 Å². The molecule has 1 aliphatic rings. The molecule has 1 unspecified atom stereocenters. The van der Waals surface area contributed by atoms with Gasteiger partial charge in [0.15, 0.2) is 6.23 Å². The van der Waals surface area contributed by atoms with E-state index in [1.54, 1.807) is 0 Å². The molecule has 37 heavy (non-hydrogen) atoms. The van der Waals surface area contributed by atoms with E-state index in [9.17, 15) is 24.8 Å². The van der Waals surface area contributed by atoms with Crippen LogP contribution in [0.25, 0.3) is 0 Å². The molecule has 1 aromatic rings. The van der Waals surface area contributed by atoms with E-state index in [2.05, 4.69) is 11.9 Å². The fourth-order valence-electron chi connectivity index (χ4n) is 4.38. The fourth-order valence-corrected chi connectivity index (χ4v) is 5.15. The van der Waals surface area contributed by atoms with Crippen molar-refractivity contribution in [3.05, 3.63) is 17.8 Å². The third-order valence-electron chi connectivity index (χ3n) is 6.60. The first-order chi connectivity index (χ1) is 17.7. The van der Waals surface area contributed by atoms with Gasteiger partial charge in [-0.1, -0.05) is 90.4 Å². The average molecular weight is 547 g/mol. The van der Waals surface area contributed by atoms with Gasteiger partial charge in [-0.3, -0.25) is 14.5 Å². The molecule has 214 valence electrons. The Morgan fingerprint density at radius 2 is 1.51 bits per heavy atom. The summed E-state index contributed by atoms with van der Waals surface area (Å²) in [6, 6.07) is 0.412. The summed E-state index contributed by atoms with van der Waals surface area (Å²) in [6.45, 7) is 1.80. The number of aromatic nitrogens is 2. The number of hydrogen-bond acceptors (Lipinski definition) is 9. The second-order valence-corrected chi connectivity index (χ2v) is 11.2. The minimum atomic E-state index is -4.36. The monoisotopic (exact) mass is 546 g/mol. The van der Waals surface area contributed by atoms with Crippen LogP contribution in [0.2, 0.25) is 0 Å². The molecule has 0 radical (unpaired) electrons. The summed E-state index contributed by atoms with van der Waals surface area (Å²) in [4.78, 5) is 13.4. The molecule has 1 aromatic heterocycles. The number of phosphoric ester groups is 1. The second-order valence-electron chi connectivity index (χ2n) is 9.74. The van der Waals surface area contributed by atoms with Gasteiger partial charge in [-0.15, -0.1) is 0 Å². The van der Waals surface area contributed by atoms with Crippen molar-refractivity contribution < 1.29 is 38.6 Å². The van der Waals surface area contributed by atoms with Crippen LogP contribution in [0.3, 0.4) is 0 Å². The maximum absolute atomic E-state index is 12.2. The highest BCUT2D eigenvalue weighted by atomic mass is 31.2. The minimum Gasteiger partial charge on any atom is -0.846 e. The number of nitrogens with zero attached hydrogens (tertiary/aromatic N) is 2. The van der Waals surface area contributed by atoms with Crippen LogP contribution in [0.4, 0.5) is 0 Å². The van der Waals surface area contributed by atoms with Crippen molar-refractivity contribution in [3.63, 3.8) is 0 Å². The summed E-state index contributed by atoms with van der Waals surface area (Å²) in [5.74, 6) is 0. The minimum absolute atomic E-state index is 0.0751. The molecule has 1 saturated heterocycles. The van der Waals surface area contributed by atoms with Crippen LogP contribution in [0.5, 0.6) is 6.01 Å². The Hall–Kier alpha value is -1.33. The van der Waals surface area contributed by atoms with Gasteiger partial charge in [0.2, 0.25) is 0 Å². The first kappa shape index (κ1) is 31.9. The van der Waals surface area contributed by atoms with E-state index in [-0.39, 0.29) is 12.1 Å². The maximum atomic E-state index is 12.2. The van der Waals surface area contributed by atoms with Gasteiger partial charge in [-0.25, -0.2) is 9.55 Å². The molecule has 0 bridgehead atoms. The van der Waals surface area contributed by atoms with Crippen molar-refractivity contribution in [3.8, 4) is 6.01 Å². The van der Waals surface area contributed by atoms with E-state index in [0.717, 1.165) is 23.8 Å². The standard InChI is InChI=1S/C25H46N3O8P/c1-2-3-4-5-6-7-8-9-10-11-12-13-14-15-18-34-37(32,33)35-19-20-22(29)23(30)24(36-20)28-17-16-21(26)27-25(28)31/h16-17,20,22-24,29-30H,2-15,18-19H2,1H3,(H,32,33)(H2,26,27,31)/p-1/t20-,22-,23-,24-/m1/s1. The Labute approximate surface area is 219 Å². The van der Waals surface area contributed by atoms with Crippen molar-refractivity contribution in [1.29, 1.82) is 5.41 Å². The van der Waals surface area contributed by atoms with Gasteiger partial charge in [0.1, 0.15) is 23.8 Å². The molecule has 0 amide bonds. The molecule has 2 heterocycles. The zero-order valence-electron chi connectivity index (χ0n) is 22.0. The lowest BCUT2D eigenvalue weighted by atomic mass is 10.0. The smallest absolute Gasteiger partial charge is 0.472 e. The fraction of sp³-hybridized carbons (Fsp3) is 0.840. The highest BCUT2D eigenvalue weighted by molar-refractivity contribution is 7.47. The molecule has 0 aromatic carbocycles. The second kappa shape index (κ2) is 17.3. The summed E-state index contributed by atoms with van der Waals surface area (Å²) < 4.78 is 28.5.